The quantitative estimate of drug-likeness (QED) is 0.397. The molecule has 11 nitrogen and oxygen atoms in total. The molecule has 0 amide bonds. The van der Waals surface area contributed by atoms with Crippen LogP contribution in [0.4, 0.5) is 17.3 Å². The Morgan fingerprint density at radius 3 is 2.63 bits per heavy atom. The molecule has 11 heteroatoms. The van der Waals surface area contributed by atoms with E-state index in [4.69, 9.17) is 5.73 Å². The molecular formula is C16H12N6O5. The molecule has 0 bridgehead atoms. The summed E-state index contributed by atoms with van der Waals surface area (Å²) in [5.41, 5.74) is 6.50. The van der Waals surface area contributed by atoms with Crippen LogP contribution in [0.15, 0.2) is 53.8 Å². The van der Waals surface area contributed by atoms with Gasteiger partial charge in [-0.15, -0.1) is 0 Å². The Bertz CT molecular complexity index is 1070. The van der Waals surface area contributed by atoms with Gasteiger partial charge in [-0.3, -0.25) is 20.2 Å². The fourth-order valence-corrected chi connectivity index (χ4v) is 2.29. The maximum absolute atomic E-state index is 10.9. The molecule has 0 saturated heterocycles. The lowest BCUT2D eigenvalue weighted by atomic mass is 10.1. The smallest absolute Gasteiger partial charge is 0.311 e. The molecule has 3 rings (SSSR count). The van der Waals surface area contributed by atoms with Gasteiger partial charge in [0.15, 0.2) is 5.75 Å². The number of hydrogen-bond acceptors (Lipinski definition) is 8. The standard InChI is InChI=1S/C16H12N6O5/c17-16-19-13(11-2-1-3-12(7-11)21(24)25)9-20(16)18-8-10-4-5-15(23)14(6-10)22(26)27/h1-9,23H,(H2,17,19). The van der Waals surface area contributed by atoms with E-state index in [1.54, 1.807) is 6.07 Å². The number of rotatable bonds is 5. The molecular weight excluding hydrogens is 356 g/mol. The number of benzene rings is 2. The molecule has 136 valence electrons. The van der Waals surface area contributed by atoms with Crippen molar-refractivity contribution >= 4 is 23.5 Å². The lowest BCUT2D eigenvalue weighted by molar-refractivity contribution is -0.385. The van der Waals surface area contributed by atoms with Crippen LogP contribution in [0.5, 0.6) is 5.75 Å². The number of nitro benzene ring substituents is 2. The molecule has 0 aliphatic heterocycles. The van der Waals surface area contributed by atoms with Crippen molar-refractivity contribution in [2.24, 2.45) is 5.10 Å². The van der Waals surface area contributed by atoms with Crippen molar-refractivity contribution in [3.8, 4) is 17.0 Å². The minimum absolute atomic E-state index is 0.0287. The molecule has 0 radical (unpaired) electrons. The van der Waals surface area contributed by atoms with Crippen molar-refractivity contribution in [2.75, 3.05) is 5.73 Å². The summed E-state index contributed by atoms with van der Waals surface area (Å²) in [4.78, 5) is 24.6. The highest BCUT2D eigenvalue weighted by Crippen LogP contribution is 2.26. The number of aromatic hydroxyl groups is 1. The molecule has 3 N–H and O–H groups in total. The van der Waals surface area contributed by atoms with E-state index < -0.39 is 21.3 Å². The molecule has 3 aromatic rings. The van der Waals surface area contributed by atoms with Gasteiger partial charge < -0.3 is 10.8 Å². The molecule has 0 aliphatic rings. The maximum Gasteiger partial charge on any atom is 0.311 e. The number of anilines is 1. The number of hydrogen-bond donors (Lipinski definition) is 2. The number of imidazole rings is 1. The minimum Gasteiger partial charge on any atom is -0.502 e. The Hall–Kier alpha value is -4.28. The van der Waals surface area contributed by atoms with Crippen LogP contribution in [0, 0.1) is 20.2 Å². The van der Waals surface area contributed by atoms with Gasteiger partial charge in [0.1, 0.15) is 0 Å². The number of non-ortho nitro benzene ring substituents is 1. The Labute approximate surface area is 151 Å². The van der Waals surface area contributed by atoms with Crippen LogP contribution in [-0.4, -0.2) is 30.8 Å². The SMILES string of the molecule is Nc1nc(-c2cccc([N+](=O)[O-])c2)cn1N=Cc1ccc(O)c([N+](=O)[O-])c1. The van der Waals surface area contributed by atoms with Gasteiger partial charge in [0.25, 0.3) is 5.69 Å². The third-order valence-electron chi connectivity index (χ3n) is 3.59. The third kappa shape index (κ3) is 3.71. The van der Waals surface area contributed by atoms with E-state index >= 15 is 0 Å². The zero-order valence-electron chi connectivity index (χ0n) is 13.6. The highest BCUT2D eigenvalue weighted by Gasteiger charge is 2.13. The lowest BCUT2D eigenvalue weighted by Gasteiger charge is -1.98. The molecule has 0 saturated carbocycles. The molecule has 0 atom stereocenters. The summed E-state index contributed by atoms with van der Waals surface area (Å²) in [5, 5.41) is 35.3. The fraction of sp³-hybridized carbons (Fsp3) is 0. The van der Waals surface area contributed by atoms with Gasteiger partial charge >= 0.3 is 5.69 Å². The van der Waals surface area contributed by atoms with Crippen molar-refractivity contribution in [1.82, 2.24) is 9.66 Å². The van der Waals surface area contributed by atoms with Gasteiger partial charge in [0.2, 0.25) is 5.95 Å². The average molecular weight is 368 g/mol. The first-order chi connectivity index (χ1) is 12.8. The van der Waals surface area contributed by atoms with Crippen LogP contribution in [-0.2, 0) is 0 Å². The van der Waals surface area contributed by atoms with Crippen LogP contribution in [0.1, 0.15) is 5.56 Å². The molecule has 0 unspecified atom stereocenters. The van der Waals surface area contributed by atoms with Crippen LogP contribution in [0.25, 0.3) is 11.3 Å². The van der Waals surface area contributed by atoms with E-state index in [2.05, 4.69) is 10.1 Å². The van der Waals surface area contributed by atoms with E-state index in [0.29, 0.717) is 16.8 Å². The van der Waals surface area contributed by atoms with Gasteiger partial charge in [-0.25, -0.2) is 9.66 Å². The Morgan fingerprint density at radius 2 is 1.93 bits per heavy atom. The molecule has 1 aromatic heterocycles. The molecule has 2 aromatic carbocycles. The van der Waals surface area contributed by atoms with Crippen LogP contribution < -0.4 is 5.73 Å². The van der Waals surface area contributed by atoms with Gasteiger partial charge in [-0.2, -0.15) is 5.10 Å². The summed E-state index contributed by atoms with van der Waals surface area (Å²) in [7, 11) is 0. The van der Waals surface area contributed by atoms with Crippen LogP contribution >= 0.6 is 0 Å². The van der Waals surface area contributed by atoms with E-state index in [-0.39, 0.29) is 11.6 Å². The largest absolute Gasteiger partial charge is 0.502 e. The highest BCUT2D eigenvalue weighted by atomic mass is 16.6. The second-order valence-corrected chi connectivity index (χ2v) is 5.39. The van der Waals surface area contributed by atoms with Crippen molar-refractivity contribution in [2.45, 2.75) is 0 Å². The van der Waals surface area contributed by atoms with Crippen molar-refractivity contribution in [3.05, 3.63) is 74.5 Å². The highest BCUT2D eigenvalue weighted by molar-refractivity contribution is 5.81. The number of nitrogen functional groups attached to an aromatic ring is 1. The fourth-order valence-electron chi connectivity index (χ4n) is 2.29. The predicted molar refractivity (Wildman–Crippen MR) is 96.5 cm³/mol. The van der Waals surface area contributed by atoms with Crippen LogP contribution in [0.2, 0.25) is 0 Å². The second-order valence-electron chi connectivity index (χ2n) is 5.39. The van der Waals surface area contributed by atoms with Gasteiger partial charge in [0, 0.05) is 29.3 Å². The number of phenols is 1. The zero-order valence-corrected chi connectivity index (χ0v) is 13.6. The van der Waals surface area contributed by atoms with Crippen molar-refractivity contribution < 1.29 is 15.0 Å². The normalized spacial score (nSPS) is 11.0. The van der Waals surface area contributed by atoms with Crippen molar-refractivity contribution in [1.29, 1.82) is 0 Å². The first-order valence-electron chi connectivity index (χ1n) is 7.46. The Kier molecular flexibility index (Phi) is 4.49. The number of phenolic OH excluding ortho intramolecular Hbond substituents is 1. The number of nitrogens with two attached hydrogens (primary N) is 1. The van der Waals surface area contributed by atoms with Crippen LogP contribution in [0.3, 0.4) is 0 Å². The molecule has 0 spiro atoms. The number of nitrogens with zero attached hydrogens (tertiary/aromatic N) is 5. The van der Waals surface area contributed by atoms with Crippen molar-refractivity contribution in [3.63, 3.8) is 0 Å². The Morgan fingerprint density at radius 1 is 1.15 bits per heavy atom. The third-order valence-corrected chi connectivity index (χ3v) is 3.59. The minimum atomic E-state index is -0.710. The first-order valence-corrected chi connectivity index (χ1v) is 7.46. The average Bonchev–Trinajstić information content (AvgIpc) is 3.01. The molecule has 1 heterocycles. The summed E-state index contributed by atoms with van der Waals surface area (Å²) in [6, 6.07) is 9.69. The second kappa shape index (κ2) is 6.92. The predicted octanol–water partition coefficient (Wildman–Crippen LogP) is 2.54. The monoisotopic (exact) mass is 368 g/mol. The van der Waals surface area contributed by atoms with E-state index in [0.717, 1.165) is 6.07 Å². The lowest BCUT2D eigenvalue weighted by Crippen LogP contribution is -1.97. The maximum atomic E-state index is 10.9. The topological polar surface area (TPSA) is 163 Å². The van der Waals surface area contributed by atoms with E-state index in [9.17, 15) is 25.3 Å². The van der Waals surface area contributed by atoms with Gasteiger partial charge in [0.05, 0.1) is 28.0 Å². The molecule has 0 aliphatic carbocycles. The van der Waals surface area contributed by atoms with E-state index in [1.165, 1.54) is 47.4 Å². The number of aromatic nitrogens is 2. The summed E-state index contributed by atoms with van der Waals surface area (Å²) in [6.45, 7) is 0. The van der Waals surface area contributed by atoms with Gasteiger partial charge in [-0.05, 0) is 12.1 Å². The Balaban J connectivity index is 1.90. The first kappa shape index (κ1) is 17.5. The summed E-state index contributed by atoms with van der Waals surface area (Å²) >= 11 is 0. The summed E-state index contributed by atoms with van der Waals surface area (Å²) in [5.74, 6) is -0.423. The van der Waals surface area contributed by atoms with Gasteiger partial charge in [-0.1, -0.05) is 12.1 Å². The summed E-state index contributed by atoms with van der Waals surface area (Å²) < 4.78 is 1.23. The molecule has 27 heavy (non-hydrogen) atoms. The molecule has 0 fully saturated rings. The van der Waals surface area contributed by atoms with E-state index in [1.807, 2.05) is 0 Å². The summed E-state index contributed by atoms with van der Waals surface area (Å²) in [6.07, 6.45) is 2.78. The zero-order chi connectivity index (χ0) is 19.6. The number of nitro groups is 2.